The number of hydrogen-bond acceptors (Lipinski definition) is 5. The number of benzene rings is 1. The Morgan fingerprint density at radius 1 is 1.43 bits per heavy atom. The third-order valence-corrected chi connectivity index (χ3v) is 4.32. The lowest BCUT2D eigenvalue weighted by Crippen LogP contribution is -2.52. The molecule has 0 amide bonds. The molecule has 2 rings (SSSR count). The Kier molecular flexibility index (Phi) is 5.55. The van der Waals surface area contributed by atoms with Crippen molar-refractivity contribution in [2.75, 3.05) is 20.3 Å². The van der Waals surface area contributed by atoms with Crippen LogP contribution in [0.15, 0.2) is 18.2 Å². The highest BCUT2D eigenvalue weighted by molar-refractivity contribution is 9.09. The van der Waals surface area contributed by atoms with E-state index in [1.807, 2.05) is 0 Å². The number of rotatable bonds is 7. The molecule has 3 atom stereocenters. The van der Waals surface area contributed by atoms with Crippen LogP contribution >= 0.6 is 15.9 Å². The zero-order chi connectivity index (χ0) is 15.4. The molecule has 3 unspecified atom stereocenters. The number of methoxy groups -OCH3 is 1. The van der Waals surface area contributed by atoms with Gasteiger partial charge < -0.3 is 14.2 Å². The van der Waals surface area contributed by atoms with Crippen LogP contribution in [-0.2, 0) is 9.47 Å². The zero-order valence-electron chi connectivity index (χ0n) is 12.0. The molecule has 1 aliphatic carbocycles. The fourth-order valence-electron chi connectivity index (χ4n) is 2.16. The van der Waals surface area contributed by atoms with Gasteiger partial charge in [0.15, 0.2) is 0 Å². The summed E-state index contributed by atoms with van der Waals surface area (Å²) in [5.41, 5.74) is 0.817. The number of nitro groups is 1. The van der Waals surface area contributed by atoms with Crippen LogP contribution in [-0.4, -0.2) is 42.3 Å². The molecule has 0 bridgehead atoms. The van der Waals surface area contributed by atoms with Gasteiger partial charge >= 0.3 is 0 Å². The molecule has 0 aliphatic heterocycles. The number of hydrogen-bond donors (Lipinski definition) is 0. The van der Waals surface area contributed by atoms with Crippen molar-refractivity contribution in [1.29, 1.82) is 0 Å². The summed E-state index contributed by atoms with van der Waals surface area (Å²) in [5.74, 6) is 0.658. The molecule has 116 valence electrons. The summed E-state index contributed by atoms with van der Waals surface area (Å²) in [6.07, 6.45) is 0.759. The summed E-state index contributed by atoms with van der Waals surface area (Å²) in [5, 5.41) is 10.7. The van der Waals surface area contributed by atoms with E-state index in [9.17, 15) is 10.1 Å². The first kappa shape index (κ1) is 16.2. The quantitative estimate of drug-likeness (QED) is 0.324. The molecule has 1 aliphatic rings. The number of halogens is 1. The van der Waals surface area contributed by atoms with Gasteiger partial charge in [0.05, 0.1) is 18.1 Å². The van der Waals surface area contributed by atoms with Gasteiger partial charge in [0.2, 0.25) is 0 Å². The molecule has 1 aromatic rings. The van der Waals surface area contributed by atoms with Crippen LogP contribution in [0.5, 0.6) is 5.75 Å². The largest absolute Gasteiger partial charge is 0.487 e. The Labute approximate surface area is 131 Å². The Morgan fingerprint density at radius 3 is 2.76 bits per heavy atom. The Bertz CT molecular complexity index is 510. The Balaban J connectivity index is 1.96. The summed E-state index contributed by atoms with van der Waals surface area (Å²) < 4.78 is 16.6. The summed E-state index contributed by atoms with van der Waals surface area (Å²) in [7, 11) is 1.63. The molecule has 1 aromatic carbocycles. The van der Waals surface area contributed by atoms with E-state index in [1.165, 1.54) is 12.1 Å². The lowest BCUT2D eigenvalue weighted by molar-refractivity contribution is -0.384. The van der Waals surface area contributed by atoms with Crippen molar-refractivity contribution < 1.29 is 19.1 Å². The van der Waals surface area contributed by atoms with Crippen LogP contribution in [0.3, 0.4) is 0 Å². The van der Waals surface area contributed by atoms with Crippen molar-refractivity contribution >= 4 is 21.6 Å². The minimum atomic E-state index is -0.411. The zero-order valence-corrected chi connectivity index (χ0v) is 13.5. The van der Waals surface area contributed by atoms with E-state index in [-0.39, 0.29) is 22.7 Å². The van der Waals surface area contributed by atoms with E-state index in [2.05, 4.69) is 15.9 Å². The summed E-state index contributed by atoms with van der Waals surface area (Å²) in [6.45, 7) is 2.86. The van der Waals surface area contributed by atoms with Crippen LogP contribution in [0.4, 0.5) is 5.69 Å². The first-order valence-corrected chi connectivity index (χ1v) is 7.60. The first-order chi connectivity index (χ1) is 10.0. The second kappa shape index (κ2) is 7.20. The maximum Gasteiger partial charge on any atom is 0.269 e. The van der Waals surface area contributed by atoms with E-state index in [1.54, 1.807) is 20.1 Å². The van der Waals surface area contributed by atoms with Crippen molar-refractivity contribution in [2.45, 2.75) is 30.4 Å². The number of nitro benzene ring substituents is 1. The van der Waals surface area contributed by atoms with Gasteiger partial charge in [0.25, 0.3) is 5.69 Å². The van der Waals surface area contributed by atoms with E-state index < -0.39 is 4.92 Å². The van der Waals surface area contributed by atoms with Crippen LogP contribution in [0, 0.1) is 17.0 Å². The highest BCUT2D eigenvalue weighted by Gasteiger charge is 2.42. The molecule has 0 N–H and O–H groups in total. The van der Waals surface area contributed by atoms with Gasteiger partial charge in [-0.05, 0) is 18.6 Å². The lowest BCUT2D eigenvalue weighted by Gasteiger charge is -2.41. The van der Waals surface area contributed by atoms with Gasteiger partial charge in [-0.3, -0.25) is 10.1 Å². The number of ether oxygens (including phenoxy) is 3. The summed E-state index contributed by atoms with van der Waals surface area (Å²) in [4.78, 5) is 10.6. The second-order valence-corrected chi connectivity index (χ2v) is 6.12. The molecule has 7 heteroatoms. The first-order valence-electron chi connectivity index (χ1n) is 6.69. The third-order valence-electron chi connectivity index (χ3n) is 3.43. The molecular weight excluding hydrogens is 342 g/mol. The smallest absolute Gasteiger partial charge is 0.269 e. The van der Waals surface area contributed by atoms with Crippen molar-refractivity contribution in [3.05, 3.63) is 33.9 Å². The number of nitrogens with zero attached hydrogens (tertiary/aromatic N) is 1. The molecule has 0 aromatic heterocycles. The predicted molar refractivity (Wildman–Crippen MR) is 81.2 cm³/mol. The lowest BCUT2D eigenvalue weighted by atomic mass is 9.91. The number of alkyl halides is 1. The SMILES string of the molecule is COCCOC1C(Br)CC1Oc1ccc([N+](=O)[O-])cc1C. The molecule has 0 spiro atoms. The summed E-state index contributed by atoms with van der Waals surface area (Å²) >= 11 is 3.55. The maximum absolute atomic E-state index is 10.7. The van der Waals surface area contributed by atoms with Crippen LogP contribution in [0.1, 0.15) is 12.0 Å². The van der Waals surface area contributed by atoms with Crippen molar-refractivity contribution in [2.24, 2.45) is 0 Å². The standard InChI is InChI=1S/C14H18BrNO5/c1-9-7-10(16(17)18)3-4-12(9)21-13-8-11(15)14(13)20-6-5-19-2/h3-4,7,11,13-14H,5-6,8H2,1-2H3. The fourth-order valence-corrected chi connectivity index (χ4v) is 3.03. The average Bonchev–Trinajstić information content (AvgIpc) is 2.44. The highest BCUT2D eigenvalue weighted by Crippen LogP contribution is 2.35. The average molecular weight is 360 g/mol. The van der Waals surface area contributed by atoms with Gasteiger partial charge in [-0.1, -0.05) is 15.9 Å². The van der Waals surface area contributed by atoms with E-state index in [0.29, 0.717) is 19.0 Å². The van der Waals surface area contributed by atoms with Crippen LogP contribution < -0.4 is 4.74 Å². The van der Waals surface area contributed by atoms with Crippen LogP contribution in [0.25, 0.3) is 0 Å². The second-order valence-electron chi connectivity index (χ2n) is 4.94. The predicted octanol–water partition coefficient (Wildman–Crippen LogP) is 2.85. The molecule has 1 saturated carbocycles. The monoisotopic (exact) mass is 359 g/mol. The molecule has 6 nitrogen and oxygen atoms in total. The minimum absolute atomic E-state index is 0.0326. The third kappa shape index (κ3) is 3.93. The van der Waals surface area contributed by atoms with Gasteiger partial charge in [0.1, 0.15) is 18.0 Å². The fraction of sp³-hybridized carbons (Fsp3) is 0.571. The van der Waals surface area contributed by atoms with Gasteiger partial charge in [-0.25, -0.2) is 0 Å². The van der Waals surface area contributed by atoms with Gasteiger partial charge in [-0.2, -0.15) is 0 Å². The molecule has 1 fully saturated rings. The number of aryl methyl sites for hydroxylation is 1. The highest BCUT2D eigenvalue weighted by atomic mass is 79.9. The molecule has 0 radical (unpaired) electrons. The van der Waals surface area contributed by atoms with Crippen LogP contribution in [0.2, 0.25) is 0 Å². The minimum Gasteiger partial charge on any atom is -0.487 e. The molecular formula is C14H18BrNO5. The van der Waals surface area contributed by atoms with Crippen molar-refractivity contribution in [3.8, 4) is 5.75 Å². The van der Waals surface area contributed by atoms with E-state index in [0.717, 1.165) is 12.0 Å². The summed E-state index contributed by atoms with van der Waals surface area (Å²) in [6, 6.07) is 4.61. The number of non-ortho nitro benzene ring substituents is 1. The maximum atomic E-state index is 10.7. The topological polar surface area (TPSA) is 70.8 Å². The van der Waals surface area contributed by atoms with E-state index in [4.69, 9.17) is 14.2 Å². The van der Waals surface area contributed by atoms with Crippen molar-refractivity contribution in [1.82, 2.24) is 0 Å². The normalized spacial score (nSPS) is 24.4. The van der Waals surface area contributed by atoms with Gasteiger partial charge in [-0.15, -0.1) is 0 Å². The van der Waals surface area contributed by atoms with E-state index >= 15 is 0 Å². The molecule has 0 saturated heterocycles. The Hall–Kier alpha value is -1.18. The molecule has 0 heterocycles. The Morgan fingerprint density at radius 2 is 2.19 bits per heavy atom. The molecule has 21 heavy (non-hydrogen) atoms. The van der Waals surface area contributed by atoms with Crippen molar-refractivity contribution in [3.63, 3.8) is 0 Å². The van der Waals surface area contributed by atoms with Gasteiger partial charge in [0, 0.05) is 30.5 Å².